The van der Waals surface area contributed by atoms with Gasteiger partial charge in [0, 0.05) is 10.4 Å². The Bertz CT molecular complexity index is 491. The molecule has 0 amide bonds. The standard InChI is InChI=1S/C11H9ClN2S/c12-9-3-1-2-8(6-9)4-5-10-7-15-11(13)14-10/h1-7H,(H2,13,14)/b5-4+. The van der Waals surface area contributed by atoms with Crippen LogP contribution in [-0.4, -0.2) is 4.98 Å². The highest BCUT2D eigenvalue weighted by Gasteiger charge is 1.93. The fraction of sp³-hybridized carbons (Fsp3) is 0. The second-order valence-electron chi connectivity index (χ2n) is 3.00. The van der Waals surface area contributed by atoms with Gasteiger partial charge in [-0.05, 0) is 23.8 Å². The van der Waals surface area contributed by atoms with E-state index in [2.05, 4.69) is 4.98 Å². The predicted molar refractivity (Wildman–Crippen MR) is 66.9 cm³/mol. The molecule has 0 aliphatic rings. The second kappa shape index (κ2) is 4.47. The summed E-state index contributed by atoms with van der Waals surface area (Å²) >= 11 is 7.30. The number of thiazole rings is 1. The first-order chi connectivity index (χ1) is 7.24. The van der Waals surface area contributed by atoms with E-state index in [0.29, 0.717) is 5.13 Å². The highest BCUT2D eigenvalue weighted by atomic mass is 35.5. The minimum absolute atomic E-state index is 0.584. The summed E-state index contributed by atoms with van der Waals surface area (Å²) in [6.45, 7) is 0. The Morgan fingerprint density at radius 2 is 2.20 bits per heavy atom. The van der Waals surface area contributed by atoms with Crippen molar-refractivity contribution in [3.8, 4) is 0 Å². The van der Waals surface area contributed by atoms with Gasteiger partial charge in [0.2, 0.25) is 0 Å². The van der Waals surface area contributed by atoms with Crippen LogP contribution in [0, 0.1) is 0 Å². The van der Waals surface area contributed by atoms with Crippen molar-refractivity contribution in [2.45, 2.75) is 0 Å². The van der Waals surface area contributed by atoms with Crippen LogP contribution in [0.15, 0.2) is 29.6 Å². The van der Waals surface area contributed by atoms with Crippen LogP contribution in [0.4, 0.5) is 5.13 Å². The quantitative estimate of drug-likeness (QED) is 0.866. The van der Waals surface area contributed by atoms with E-state index in [1.807, 2.05) is 41.8 Å². The molecule has 0 atom stereocenters. The molecule has 4 heteroatoms. The third-order valence-electron chi connectivity index (χ3n) is 1.83. The summed E-state index contributed by atoms with van der Waals surface area (Å²) in [4.78, 5) is 4.12. The number of aromatic nitrogens is 1. The molecule has 2 aromatic rings. The molecule has 2 N–H and O–H groups in total. The first kappa shape index (κ1) is 10.2. The fourth-order valence-electron chi connectivity index (χ4n) is 1.17. The highest BCUT2D eigenvalue weighted by Crippen LogP contribution is 2.16. The van der Waals surface area contributed by atoms with E-state index in [1.54, 1.807) is 0 Å². The van der Waals surface area contributed by atoms with Gasteiger partial charge in [-0.15, -0.1) is 11.3 Å². The van der Waals surface area contributed by atoms with Gasteiger partial charge in [-0.2, -0.15) is 0 Å². The maximum atomic E-state index is 5.86. The lowest BCUT2D eigenvalue weighted by Gasteiger charge is -1.92. The van der Waals surface area contributed by atoms with Crippen molar-refractivity contribution < 1.29 is 0 Å². The number of hydrogen-bond donors (Lipinski definition) is 1. The largest absolute Gasteiger partial charge is 0.375 e. The van der Waals surface area contributed by atoms with Gasteiger partial charge in [0.25, 0.3) is 0 Å². The van der Waals surface area contributed by atoms with Gasteiger partial charge in [-0.1, -0.05) is 29.8 Å². The molecule has 0 aliphatic carbocycles. The number of hydrogen-bond acceptors (Lipinski definition) is 3. The van der Waals surface area contributed by atoms with Gasteiger partial charge < -0.3 is 5.73 Å². The van der Waals surface area contributed by atoms with Crippen molar-refractivity contribution >= 4 is 40.2 Å². The molecule has 0 saturated carbocycles. The molecule has 1 aromatic carbocycles. The number of nitrogens with two attached hydrogens (primary N) is 1. The van der Waals surface area contributed by atoms with Gasteiger partial charge in [0.15, 0.2) is 5.13 Å². The van der Waals surface area contributed by atoms with Crippen molar-refractivity contribution in [1.82, 2.24) is 4.98 Å². The summed E-state index contributed by atoms with van der Waals surface area (Å²) in [5, 5.41) is 3.23. The van der Waals surface area contributed by atoms with Crippen LogP contribution in [0.1, 0.15) is 11.3 Å². The Balaban J connectivity index is 2.18. The molecule has 0 radical (unpaired) electrons. The number of nitrogens with zero attached hydrogens (tertiary/aromatic N) is 1. The summed E-state index contributed by atoms with van der Waals surface area (Å²) in [6, 6.07) is 7.64. The molecule has 0 fully saturated rings. The first-order valence-electron chi connectivity index (χ1n) is 4.39. The van der Waals surface area contributed by atoms with Gasteiger partial charge in [0.1, 0.15) is 0 Å². The maximum Gasteiger partial charge on any atom is 0.180 e. The van der Waals surface area contributed by atoms with E-state index in [1.165, 1.54) is 11.3 Å². The van der Waals surface area contributed by atoms with E-state index in [4.69, 9.17) is 17.3 Å². The lowest BCUT2D eigenvalue weighted by Crippen LogP contribution is -1.80. The summed E-state index contributed by atoms with van der Waals surface area (Å²) in [5.41, 5.74) is 7.45. The van der Waals surface area contributed by atoms with Crippen LogP contribution >= 0.6 is 22.9 Å². The van der Waals surface area contributed by atoms with Gasteiger partial charge in [-0.25, -0.2) is 4.98 Å². The predicted octanol–water partition coefficient (Wildman–Crippen LogP) is 3.55. The fourth-order valence-corrected chi connectivity index (χ4v) is 1.90. The van der Waals surface area contributed by atoms with Crippen LogP contribution in [-0.2, 0) is 0 Å². The Morgan fingerprint density at radius 3 is 2.87 bits per heavy atom. The van der Waals surface area contributed by atoms with Crippen LogP contribution in [0.5, 0.6) is 0 Å². The molecule has 1 heterocycles. The zero-order valence-corrected chi connectivity index (χ0v) is 9.42. The Hall–Kier alpha value is -1.32. The second-order valence-corrected chi connectivity index (χ2v) is 4.33. The summed E-state index contributed by atoms with van der Waals surface area (Å²) in [5.74, 6) is 0. The highest BCUT2D eigenvalue weighted by molar-refractivity contribution is 7.13. The molecule has 15 heavy (non-hydrogen) atoms. The molecule has 0 spiro atoms. The molecule has 0 saturated heterocycles. The van der Waals surface area contributed by atoms with Crippen LogP contribution < -0.4 is 5.73 Å². The smallest absolute Gasteiger partial charge is 0.180 e. The molecule has 2 rings (SSSR count). The number of nitrogen functional groups attached to an aromatic ring is 1. The molecule has 76 valence electrons. The number of rotatable bonds is 2. The normalized spacial score (nSPS) is 11.0. The van der Waals surface area contributed by atoms with Crippen LogP contribution in [0.3, 0.4) is 0 Å². The van der Waals surface area contributed by atoms with Crippen LogP contribution in [0.25, 0.3) is 12.2 Å². The lowest BCUT2D eigenvalue weighted by atomic mass is 10.2. The maximum absolute atomic E-state index is 5.86. The Kier molecular flexibility index (Phi) is 3.04. The molecule has 0 aliphatic heterocycles. The van der Waals surface area contributed by atoms with E-state index < -0.39 is 0 Å². The lowest BCUT2D eigenvalue weighted by molar-refractivity contribution is 1.39. The molecule has 0 unspecified atom stereocenters. The minimum Gasteiger partial charge on any atom is -0.375 e. The number of benzene rings is 1. The summed E-state index contributed by atoms with van der Waals surface area (Å²) < 4.78 is 0. The molecular weight excluding hydrogens is 228 g/mol. The number of anilines is 1. The first-order valence-corrected chi connectivity index (χ1v) is 5.64. The van der Waals surface area contributed by atoms with Crippen molar-refractivity contribution in [3.05, 3.63) is 45.9 Å². The third-order valence-corrected chi connectivity index (χ3v) is 2.76. The molecule has 0 bridgehead atoms. The van der Waals surface area contributed by atoms with Crippen molar-refractivity contribution in [2.24, 2.45) is 0 Å². The number of halogens is 1. The monoisotopic (exact) mass is 236 g/mol. The average molecular weight is 237 g/mol. The SMILES string of the molecule is Nc1nc(/C=C/c2cccc(Cl)c2)cs1. The summed E-state index contributed by atoms with van der Waals surface area (Å²) in [7, 11) is 0. The Morgan fingerprint density at radius 1 is 1.33 bits per heavy atom. The third kappa shape index (κ3) is 2.81. The van der Waals surface area contributed by atoms with Gasteiger partial charge >= 0.3 is 0 Å². The Labute approximate surface area is 97.0 Å². The van der Waals surface area contributed by atoms with Crippen molar-refractivity contribution in [3.63, 3.8) is 0 Å². The topological polar surface area (TPSA) is 38.9 Å². The van der Waals surface area contributed by atoms with E-state index >= 15 is 0 Å². The zero-order chi connectivity index (χ0) is 10.7. The minimum atomic E-state index is 0.584. The average Bonchev–Trinajstić information content (AvgIpc) is 2.62. The molecular formula is C11H9ClN2S. The van der Waals surface area contributed by atoms with Gasteiger partial charge in [-0.3, -0.25) is 0 Å². The van der Waals surface area contributed by atoms with E-state index in [0.717, 1.165) is 16.3 Å². The van der Waals surface area contributed by atoms with Crippen LogP contribution in [0.2, 0.25) is 5.02 Å². The molecule has 1 aromatic heterocycles. The van der Waals surface area contributed by atoms with Crippen molar-refractivity contribution in [1.29, 1.82) is 0 Å². The van der Waals surface area contributed by atoms with Crippen molar-refractivity contribution in [2.75, 3.05) is 5.73 Å². The van der Waals surface area contributed by atoms with E-state index in [9.17, 15) is 0 Å². The zero-order valence-electron chi connectivity index (χ0n) is 7.85. The van der Waals surface area contributed by atoms with E-state index in [-0.39, 0.29) is 0 Å². The van der Waals surface area contributed by atoms with Gasteiger partial charge in [0.05, 0.1) is 5.69 Å². The molecule has 2 nitrogen and oxygen atoms in total. The summed E-state index contributed by atoms with van der Waals surface area (Å²) in [6.07, 6.45) is 3.87.